The fourth-order valence-corrected chi connectivity index (χ4v) is 5.19. The van der Waals surface area contributed by atoms with Gasteiger partial charge in [-0.2, -0.15) is 5.26 Å². The van der Waals surface area contributed by atoms with E-state index < -0.39 is 0 Å². The summed E-state index contributed by atoms with van der Waals surface area (Å²) < 4.78 is 2.03. The van der Waals surface area contributed by atoms with Crippen LogP contribution in [-0.4, -0.2) is 33.8 Å². The van der Waals surface area contributed by atoms with E-state index in [9.17, 15) is 5.26 Å². The molecule has 0 aromatic carbocycles. The third-order valence-electron chi connectivity index (χ3n) is 3.03. The van der Waals surface area contributed by atoms with Gasteiger partial charge in [0, 0.05) is 5.25 Å². The zero-order valence-corrected chi connectivity index (χ0v) is 12.9. The number of hydrogen-bond acceptors (Lipinski definition) is 7. The molecule has 1 saturated carbocycles. The predicted molar refractivity (Wildman–Crippen MR) is 77.2 cm³/mol. The number of rotatable bonds is 5. The van der Waals surface area contributed by atoms with Crippen LogP contribution < -0.4 is 5.32 Å². The maximum absolute atomic E-state index is 9.32. The lowest BCUT2D eigenvalue weighted by atomic mass is 10.0. The normalized spacial score (nSPS) is 27.3. The van der Waals surface area contributed by atoms with Crippen molar-refractivity contribution in [3.63, 3.8) is 0 Å². The molecule has 0 saturated heterocycles. The molecule has 1 aromatic rings. The Morgan fingerprint density at radius 1 is 1.56 bits per heavy atom. The third kappa shape index (κ3) is 3.18. The van der Waals surface area contributed by atoms with Crippen LogP contribution in [0.25, 0.3) is 0 Å². The quantitative estimate of drug-likeness (QED) is 0.844. The third-order valence-corrected chi connectivity index (χ3v) is 6.28. The lowest BCUT2D eigenvalue weighted by molar-refractivity contribution is 0.436. The van der Waals surface area contributed by atoms with Crippen molar-refractivity contribution in [1.82, 2.24) is 15.5 Å². The minimum Gasteiger partial charge on any atom is -0.300 e. The van der Waals surface area contributed by atoms with Crippen molar-refractivity contribution in [3.8, 4) is 6.07 Å². The topological polar surface area (TPSA) is 61.6 Å². The van der Waals surface area contributed by atoms with Crippen LogP contribution in [0, 0.1) is 11.3 Å². The Balaban J connectivity index is 1.95. The van der Waals surface area contributed by atoms with Crippen LogP contribution in [0.2, 0.25) is 0 Å². The number of nitrogens with one attached hydrogen (secondary N) is 1. The summed E-state index contributed by atoms with van der Waals surface area (Å²) in [5.74, 6) is 0. The summed E-state index contributed by atoms with van der Waals surface area (Å²) in [5, 5.41) is 21.4. The number of aromatic nitrogens is 2. The van der Waals surface area contributed by atoms with Crippen molar-refractivity contribution in [3.05, 3.63) is 0 Å². The number of hydrogen-bond donors (Lipinski definition) is 1. The van der Waals surface area contributed by atoms with E-state index in [0.717, 1.165) is 34.5 Å². The highest BCUT2D eigenvalue weighted by molar-refractivity contribution is 8.03. The van der Waals surface area contributed by atoms with Crippen LogP contribution in [0.5, 0.6) is 0 Å². The first-order valence-corrected chi connectivity index (χ1v) is 8.84. The van der Waals surface area contributed by atoms with Crippen LogP contribution in [0.15, 0.2) is 8.68 Å². The van der Waals surface area contributed by atoms with Crippen molar-refractivity contribution in [2.45, 2.75) is 45.7 Å². The summed E-state index contributed by atoms with van der Waals surface area (Å²) >= 11 is 5.04. The minimum atomic E-state index is -0.320. The molecule has 0 aliphatic heterocycles. The molecule has 1 fully saturated rings. The standard InChI is InChI=1S/C11H16N4S3/c1-3-13-11(7-12)5-4-8(6-11)17-10-15-14-9(16-2)18-10/h8,13H,3-6H2,1-2H3. The Morgan fingerprint density at radius 2 is 2.33 bits per heavy atom. The molecule has 1 N–H and O–H groups in total. The largest absolute Gasteiger partial charge is 0.300 e. The van der Waals surface area contributed by atoms with Crippen LogP contribution in [0.1, 0.15) is 26.2 Å². The van der Waals surface area contributed by atoms with Gasteiger partial charge in [-0.25, -0.2) is 0 Å². The zero-order valence-electron chi connectivity index (χ0n) is 10.5. The highest BCUT2D eigenvalue weighted by Crippen LogP contribution is 2.41. The van der Waals surface area contributed by atoms with Crippen molar-refractivity contribution in [2.24, 2.45) is 0 Å². The van der Waals surface area contributed by atoms with E-state index >= 15 is 0 Å². The van der Waals surface area contributed by atoms with Crippen molar-refractivity contribution in [1.29, 1.82) is 5.26 Å². The summed E-state index contributed by atoms with van der Waals surface area (Å²) in [6.07, 6.45) is 4.91. The molecular formula is C11H16N4S3. The first kappa shape index (κ1) is 14.1. The number of thioether (sulfide) groups is 2. The molecule has 4 nitrogen and oxygen atoms in total. The number of nitrogens with zero attached hydrogens (tertiary/aromatic N) is 3. The fraction of sp³-hybridized carbons (Fsp3) is 0.727. The molecule has 0 bridgehead atoms. The molecule has 0 radical (unpaired) electrons. The Kier molecular flexibility index (Phi) is 4.90. The van der Waals surface area contributed by atoms with E-state index in [2.05, 4.69) is 28.5 Å². The van der Waals surface area contributed by atoms with Gasteiger partial charge < -0.3 is 0 Å². The van der Waals surface area contributed by atoms with E-state index in [0.29, 0.717) is 5.25 Å². The lowest BCUT2D eigenvalue weighted by Crippen LogP contribution is -2.41. The van der Waals surface area contributed by atoms with Gasteiger partial charge in [0.25, 0.3) is 0 Å². The van der Waals surface area contributed by atoms with Gasteiger partial charge in [0.2, 0.25) is 0 Å². The van der Waals surface area contributed by atoms with E-state index in [-0.39, 0.29) is 5.54 Å². The summed E-state index contributed by atoms with van der Waals surface area (Å²) in [5.41, 5.74) is -0.320. The molecular weight excluding hydrogens is 284 g/mol. The second kappa shape index (κ2) is 6.24. The van der Waals surface area contributed by atoms with Crippen molar-refractivity contribution in [2.75, 3.05) is 12.8 Å². The lowest BCUT2D eigenvalue weighted by Gasteiger charge is -2.21. The molecule has 1 heterocycles. The second-order valence-corrected chi connectivity index (χ2v) is 7.82. The zero-order chi connectivity index (χ0) is 13.0. The van der Waals surface area contributed by atoms with E-state index in [4.69, 9.17) is 0 Å². The van der Waals surface area contributed by atoms with Gasteiger partial charge in [-0.15, -0.1) is 10.2 Å². The molecule has 7 heteroatoms. The summed E-state index contributed by atoms with van der Waals surface area (Å²) in [6, 6.07) is 2.45. The molecule has 2 atom stereocenters. The van der Waals surface area contributed by atoms with Crippen LogP contribution in [-0.2, 0) is 0 Å². The average Bonchev–Trinajstić information content (AvgIpc) is 2.98. The smallest absolute Gasteiger partial charge is 0.175 e. The van der Waals surface area contributed by atoms with Gasteiger partial charge in [-0.05, 0) is 32.1 Å². The van der Waals surface area contributed by atoms with Gasteiger partial charge in [0.1, 0.15) is 5.54 Å². The molecule has 98 valence electrons. The maximum Gasteiger partial charge on any atom is 0.175 e. The van der Waals surface area contributed by atoms with Gasteiger partial charge in [0.15, 0.2) is 8.68 Å². The molecule has 18 heavy (non-hydrogen) atoms. The highest BCUT2D eigenvalue weighted by atomic mass is 32.2. The van der Waals surface area contributed by atoms with Crippen LogP contribution >= 0.6 is 34.9 Å². The van der Waals surface area contributed by atoms with Crippen molar-refractivity contribution < 1.29 is 0 Å². The Morgan fingerprint density at radius 3 is 2.94 bits per heavy atom. The Labute approximate surface area is 120 Å². The van der Waals surface area contributed by atoms with Crippen LogP contribution in [0.3, 0.4) is 0 Å². The SMILES string of the molecule is CCNC1(C#N)CCC(Sc2nnc(SC)s2)C1. The summed E-state index contributed by atoms with van der Waals surface area (Å²) in [6.45, 7) is 2.90. The first-order chi connectivity index (χ1) is 8.71. The molecule has 1 aromatic heterocycles. The van der Waals surface area contributed by atoms with E-state index in [1.54, 1.807) is 34.9 Å². The highest BCUT2D eigenvalue weighted by Gasteiger charge is 2.39. The monoisotopic (exact) mass is 300 g/mol. The Hall–Kier alpha value is -0.290. The molecule has 0 spiro atoms. The van der Waals surface area contributed by atoms with Gasteiger partial charge in [-0.1, -0.05) is 41.8 Å². The van der Waals surface area contributed by atoms with Crippen LogP contribution in [0.4, 0.5) is 0 Å². The van der Waals surface area contributed by atoms with Gasteiger partial charge >= 0.3 is 0 Å². The minimum absolute atomic E-state index is 0.320. The van der Waals surface area contributed by atoms with Crippen molar-refractivity contribution >= 4 is 34.9 Å². The average molecular weight is 300 g/mol. The fourth-order valence-electron chi connectivity index (χ4n) is 2.21. The summed E-state index contributed by atoms with van der Waals surface area (Å²) in [7, 11) is 0. The van der Waals surface area contributed by atoms with E-state index in [1.807, 2.05) is 6.26 Å². The Bertz CT molecular complexity index is 442. The van der Waals surface area contributed by atoms with E-state index in [1.165, 1.54) is 0 Å². The molecule has 1 aliphatic carbocycles. The maximum atomic E-state index is 9.32. The van der Waals surface area contributed by atoms with Gasteiger partial charge in [0.05, 0.1) is 6.07 Å². The second-order valence-electron chi connectivity index (χ2n) is 4.24. The molecule has 2 rings (SSSR count). The molecule has 2 unspecified atom stereocenters. The number of nitriles is 1. The van der Waals surface area contributed by atoms with Gasteiger partial charge in [-0.3, -0.25) is 5.32 Å². The first-order valence-electron chi connectivity index (χ1n) is 5.92. The predicted octanol–water partition coefficient (Wildman–Crippen LogP) is 2.78. The summed E-state index contributed by atoms with van der Waals surface area (Å²) in [4.78, 5) is 0. The molecule has 0 amide bonds. The molecule has 1 aliphatic rings.